The molecule has 1 aliphatic heterocycles. The van der Waals surface area contributed by atoms with Crippen molar-refractivity contribution < 1.29 is 23.9 Å². The molecule has 1 saturated heterocycles. The first kappa shape index (κ1) is 22.7. The predicted octanol–water partition coefficient (Wildman–Crippen LogP) is 5.46. The summed E-state index contributed by atoms with van der Waals surface area (Å²) in [5, 5.41) is 10.7. The Bertz CT molecular complexity index is 883. The second-order valence-corrected chi connectivity index (χ2v) is 7.53. The molecule has 7 heteroatoms. The van der Waals surface area contributed by atoms with Crippen LogP contribution >= 0.6 is 0 Å². The molecule has 2 aromatic rings. The van der Waals surface area contributed by atoms with Gasteiger partial charge in [-0.25, -0.2) is 4.79 Å². The van der Waals surface area contributed by atoms with Crippen LogP contribution in [0.15, 0.2) is 54.6 Å². The molecule has 0 spiro atoms. The van der Waals surface area contributed by atoms with Crippen LogP contribution in [-0.4, -0.2) is 24.1 Å². The molecule has 0 aliphatic carbocycles. The van der Waals surface area contributed by atoms with E-state index < -0.39 is 17.2 Å². The van der Waals surface area contributed by atoms with Crippen molar-refractivity contribution in [3.05, 3.63) is 75.8 Å². The Morgan fingerprint density at radius 2 is 1.77 bits per heavy atom. The zero-order valence-electron chi connectivity index (χ0n) is 17.6. The van der Waals surface area contributed by atoms with Gasteiger partial charge in [-0.15, -0.1) is 0 Å². The van der Waals surface area contributed by atoms with Crippen molar-refractivity contribution in [2.45, 2.75) is 38.9 Å². The second-order valence-electron chi connectivity index (χ2n) is 7.53. The molecule has 0 aromatic heterocycles. The molecule has 1 fully saturated rings. The van der Waals surface area contributed by atoms with Gasteiger partial charge < -0.3 is 14.2 Å². The summed E-state index contributed by atoms with van der Waals surface area (Å²) in [7, 11) is 0. The molecule has 1 heterocycles. The fourth-order valence-corrected chi connectivity index (χ4v) is 3.30. The van der Waals surface area contributed by atoms with Crippen LogP contribution in [0.4, 0.5) is 5.69 Å². The number of hydrogen-bond acceptors (Lipinski definition) is 6. The van der Waals surface area contributed by atoms with Crippen LogP contribution in [0, 0.1) is 16.0 Å². The van der Waals surface area contributed by atoms with Crippen molar-refractivity contribution in [1.82, 2.24) is 0 Å². The SMILES string of the molecule is CCCCCC1COC(c2ccc(OC(=O)/C=C/c3ccc([N+](=O)[O-])cc3)cc2)OC1. The number of carbonyl (C=O) groups is 1. The predicted molar refractivity (Wildman–Crippen MR) is 116 cm³/mol. The molecule has 164 valence electrons. The van der Waals surface area contributed by atoms with Crippen LogP contribution in [0.2, 0.25) is 0 Å². The maximum Gasteiger partial charge on any atom is 0.336 e. The van der Waals surface area contributed by atoms with Gasteiger partial charge in [0.2, 0.25) is 0 Å². The number of carbonyl (C=O) groups excluding carboxylic acids is 1. The Labute approximate surface area is 181 Å². The zero-order chi connectivity index (χ0) is 22.1. The molecule has 0 N–H and O–H groups in total. The van der Waals surface area contributed by atoms with E-state index in [1.54, 1.807) is 30.3 Å². The standard InChI is InChI=1S/C24H27NO6/c1-2-3-4-5-19-16-29-24(30-17-19)20-9-13-22(14-10-20)31-23(26)15-8-18-6-11-21(12-7-18)25(27)28/h6-15,19,24H,2-5,16-17H2,1H3/b15-8+. The summed E-state index contributed by atoms with van der Waals surface area (Å²) >= 11 is 0. The fourth-order valence-electron chi connectivity index (χ4n) is 3.30. The molecular weight excluding hydrogens is 398 g/mol. The first-order valence-corrected chi connectivity index (χ1v) is 10.5. The van der Waals surface area contributed by atoms with E-state index in [2.05, 4.69) is 6.92 Å². The number of esters is 1. The molecule has 3 rings (SSSR count). The highest BCUT2D eigenvalue weighted by molar-refractivity contribution is 5.88. The van der Waals surface area contributed by atoms with Crippen molar-refractivity contribution in [3.63, 3.8) is 0 Å². The molecule has 0 atom stereocenters. The van der Waals surface area contributed by atoms with E-state index in [1.807, 2.05) is 12.1 Å². The molecular formula is C24H27NO6. The van der Waals surface area contributed by atoms with Crippen molar-refractivity contribution in [2.24, 2.45) is 5.92 Å². The summed E-state index contributed by atoms with van der Waals surface area (Å²) in [4.78, 5) is 22.2. The van der Waals surface area contributed by atoms with Gasteiger partial charge in [-0.05, 0) is 42.3 Å². The van der Waals surface area contributed by atoms with Gasteiger partial charge in [-0.2, -0.15) is 0 Å². The second kappa shape index (κ2) is 11.4. The molecule has 0 saturated carbocycles. The van der Waals surface area contributed by atoms with Gasteiger partial charge in [0.15, 0.2) is 6.29 Å². The zero-order valence-corrected chi connectivity index (χ0v) is 17.6. The maximum absolute atomic E-state index is 12.0. The lowest BCUT2D eigenvalue weighted by molar-refractivity contribution is -0.384. The van der Waals surface area contributed by atoms with Crippen molar-refractivity contribution in [3.8, 4) is 5.75 Å². The Hall–Kier alpha value is -3.03. The highest BCUT2D eigenvalue weighted by atomic mass is 16.7. The maximum atomic E-state index is 12.0. The lowest BCUT2D eigenvalue weighted by Gasteiger charge is -2.29. The minimum atomic E-state index is -0.536. The Morgan fingerprint density at radius 1 is 1.10 bits per heavy atom. The van der Waals surface area contributed by atoms with Gasteiger partial charge in [0.1, 0.15) is 5.75 Å². The highest BCUT2D eigenvalue weighted by Gasteiger charge is 2.23. The number of benzene rings is 2. The molecule has 31 heavy (non-hydrogen) atoms. The first-order chi connectivity index (χ1) is 15.0. The highest BCUT2D eigenvalue weighted by Crippen LogP contribution is 2.28. The third kappa shape index (κ3) is 7.01. The summed E-state index contributed by atoms with van der Waals surface area (Å²) in [6.45, 7) is 3.58. The fraction of sp³-hybridized carbons (Fsp3) is 0.375. The number of hydrogen-bond donors (Lipinski definition) is 0. The third-order valence-corrected chi connectivity index (χ3v) is 5.07. The van der Waals surface area contributed by atoms with Crippen LogP contribution in [0.25, 0.3) is 6.08 Å². The topological polar surface area (TPSA) is 87.9 Å². The van der Waals surface area contributed by atoms with Gasteiger partial charge in [0, 0.05) is 29.7 Å². The monoisotopic (exact) mass is 425 g/mol. The molecule has 0 radical (unpaired) electrons. The Kier molecular flexibility index (Phi) is 8.32. The van der Waals surface area contributed by atoms with Crippen LogP contribution < -0.4 is 4.74 Å². The van der Waals surface area contributed by atoms with E-state index in [-0.39, 0.29) is 5.69 Å². The average Bonchev–Trinajstić information content (AvgIpc) is 2.79. The van der Waals surface area contributed by atoms with E-state index in [1.165, 1.54) is 37.5 Å². The van der Waals surface area contributed by atoms with Gasteiger partial charge in [-0.3, -0.25) is 10.1 Å². The normalized spacial score (nSPS) is 18.7. The number of nitro groups is 1. The van der Waals surface area contributed by atoms with E-state index in [4.69, 9.17) is 14.2 Å². The summed E-state index contributed by atoms with van der Waals surface area (Å²) in [6, 6.07) is 12.9. The van der Waals surface area contributed by atoms with E-state index >= 15 is 0 Å². The minimum absolute atomic E-state index is 0.00208. The number of nitrogens with zero attached hydrogens (tertiary/aromatic N) is 1. The largest absolute Gasteiger partial charge is 0.423 e. The summed E-state index contributed by atoms with van der Waals surface area (Å²) < 4.78 is 17.0. The molecule has 0 bridgehead atoms. The van der Waals surface area contributed by atoms with Crippen molar-refractivity contribution in [2.75, 3.05) is 13.2 Å². The van der Waals surface area contributed by atoms with Gasteiger partial charge in [0.25, 0.3) is 5.69 Å². The molecule has 2 aromatic carbocycles. The van der Waals surface area contributed by atoms with Gasteiger partial charge in [0.05, 0.1) is 18.1 Å². The van der Waals surface area contributed by atoms with Crippen molar-refractivity contribution in [1.29, 1.82) is 0 Å². The number of nitro benzene ring substituents is 1. The van der Waals surface area contributed by atoms with Crippen LogP contribution in [-0.2, 0) is 14.3 Å². The minimum Gasteiger partial charge on any atom is -0.423 e. The molecule has 0 amide bonds. The molecule has 1 aliphatic rings. The Balaban J connectivity index is 1.47. The molecule has 7 nitrogen and oxygen atoms in total. The average molecular weight is 425 g/mol. The van der Waals surface area contributed by atoms with Gasteiger partial charge in [-0.1, -0.05) is 38.3 Å². The van der Waals surface area contributed by atoms with E-state index in [0.717, 1.165) is 12.0 Å². The van der Waals surface area contributed by atoms with Gasteiger partial charge >= 0.3 is 5.97 Å². The number of rotatable bonds is 9. The van der Waals surface area contributed by atoms with E-state index in [9.17, 15) is 14.9 Å². The van der Waals surface area contributed by atoms with Crippen molar-refractivity contribution >= 4 is 17.7 Å². The van der Waals surface area contributed by atoms with E-state index in [0.29, 0.717) is 30.4 Å². The lowest BCUT2D eigenvalue weighted by Crippen LogP contribution is -2.27. The van der Waals surface area contributed by atoms with Crippen LogP contribution in [0.5, 0.6) is 5.75 Å². The summed E-state index contributed by atoms with van der Waals surface area (Å²) in [5.41, 5.74) is 1.54. The molecule has 0 unspecified atom stereocenters. The number of ether oxygens (including phenoxy) is 3. The number of unbranched alkanes of at least 4 members (excludes halogenated alkanes) is 2. The third-order valence-electron chi connectivity index (χ3n) is 5.07. The summed E-state index contributed by atoms with van der Waals surface area (Å²) in [5.74, 6) is 0.326. The summed E-state index contributed by atoms with van der Waals surface area (Å²) in [6.07, 6.45) is 7.21. The smallest absolute Gasteiger partial charge is 0.336 e. The quantitative estimate of drug-likeness (QED) is 0.132. The number of non-ortho nitro benzene ring substituents is 1. The lowest BCUT2D eigenvalue weighted by atomic mass is 10.0. The first-order valence-electron chi connectivity index (χ1n) is 10.5. The van der Waals surface area contributed by atoms with Crippen LogP contribution in [0.3, 0.4) is 0 Å². The Morgan fingerprint density at radius 3 is 2.39 bits per heavy atom. The van der Waals surface area contributed by atoms with Crippen LogP contribution in [0.1, 0.15) is 50.0 Å².